The van der Waals surface area contributed by atoms with Crippen LogP contribution in [0.5, 0.6) is 0 Å². The zero-order chi connectivity index (χ0) is 15.5. The summed E-state index contributed by atoms with van der Waals surface area (Å²) in [5, 5.41) is 7.33. The fourth-order valence-electron chi connectivity index (χ4n) is 3.65. The number of aryl methyl sites for hydroxylation is 2. The van der Waals surface area contributed by atoms with Gasteiger partial charge < -0.3 is 5.32 Å². The van der Waals surface area contributed by atoms with E-state index in [-0.39, 0.29) is 17.2 Å². The van der Waals surface area contributed by atoms with Gasteiger partial charge in [-0.2, -0.15) is 5.10 Å². The van der Waals surface area contributed by atoms with Crippen LogP contribution in [0.3, 0.4) is 0 Å². The zero-order valence-electron chi connectivity index (χ0n) is 13.7. The number of carbonyl (C=O) groups is 1. The molecule has 1 saturated carbocycles. The Hall–Kier alpha value is -1.39. The molecule has 5 heteroatoms. The molecule has 0 saturated heterocycles. The Morgan fingerprint density at radius 3 is 2.86 bits per heavy atom. The van der Waals surface area contributed by atoms with Crippen LogP contribution in [0.15, 0.2) is 6.33 Å². The van der Waals surface area contributed by atoms with Gasteiger partial charge in [0.1, 0.15) is 6.33 Å². The minimum atomic E-state index is 0.178. The van der Waals surface area contributed by atoms with Crippen LogP contribution >= 0.6 is 0 Å². The molecule has 2 rings (SSSR count). The third-order valence-corrected chi connectivity index (χ3v) is 4.28. The zero-order valence-corrected chi connectivity index (χ0v) is 13.7. The Bertz CT molecular complexity index is 480. The first-order valence-electron chi connectivity index (χ1n) is 7.98. The predicted molar refractivity (Wildman–Crippen MR) is 82.6 cm³/mol. The summed E-state index contributed by atoms with van der Waals surface area (Å²) in [5.74, 6) is 1.89. The van der Waals surface area contributed by atoms with Gasteiger partial charge in [0.2, 0.25) is 5.91 Å². The van der Waals surface area contributed by atoms with Gasteiger partial charge in [-0.05, 0) is 37.0 Å². The molecule has 1 fully saturated rings. The van der Waals surface area contributed by atoms with Crippen molar-refractivity contribution in [1.82, 2.24) is 20.1 Å². The maximum atomic E-state index is 12.3. The Morgan fingerprint density at radius 2 is 2.24 bits per heavy atom. The summed E-state index contributed by atoms with van der Waals surface area (Å²) in [6.07, 6.45) is 6.67. The van der Waals surface area contributed by atoms with Crippen molar-refractivity contribution < 1.29 is 4.79 Å². The van der Waals surface area contributed by atoms with Gasteiger partial charge in [0.05, 0.1) is 0 Å². The summed E-state index contributed by atoms with van der Waals surface area (Å²) in [5.41, 5.74) is 0.289. The molecule has 1 aliphatic rings. The van der Waals surface area contributed by atoms with Gasteiger partial charge in [-0.1, -0.05) is 20.8 Å². The molecule has 0 spiro atoms. The maximum Gasteiger partial charge on any atom is 0.223 e. The smallest absolute Gasteiger partial charge is 0.223 e. The molecule has 0 aliphatic heterocycles. The van der Waals surface area contributed by atoms with Crippen molar-refractivity contribution in [2.45, 2.75) is 52.9 Å². The number of hydrogen-bond donors (Lipinski definition) is 1. The van der Waals surface area contributed by atoms with E-state index < -0.39 is 0 Å². The molecule has 1 amide bonds. The first-order valence-corrected chi connectivity index (χ1v) is 7.98. The summed E-state index contributed by atoms with van der Waals surface area (Å²) in [6, 6.07) is 0. The van der Waals surface area contributed by atoms with Crippen molar-refractivity contribution in [2.24, 2.45) is 24.3 Å². The second-order valence-electron chi connectivity index (χ2n) is 7.34. The molecule has 118 valence electrons. The van der Waals surface area contributed by atoms with E-state index in [4.69, 9.17) is 0 Å². The van der Waals surface area contributed by atoms with Crippen molar-refractivity contribution in [1.29, 1.82) is 0 Å². The van der Waals surface area contributed by atoms with E-state index in [0.29, 0.717) is 12.5 Å². The molecule has 0 bridgehead atoms. The van der Waals surface area contributed by atoms with Crippen LogP contribution in [-0.4, -0.2) is 27.2 Å². The number of carbonyl (C=O) groups excluding carboxylic acids is 1. The quantitative estimate of drug-likeness (QED) is 0.847. The first kappa shape index (κ1) is 16.0. The van der Waals surface area contributed by atoms with E-state index >= 15 is 0 Å². The molecule has 1 N–H and O–H groups in total. The molecule has 5 nitrogen and oxygen atoms in total. The fourth-order valence-corrected chi connectivity index (χ4v) is 3.65. The van der Waals surface area contributed by atoms with Crippen LogP contribution in [0.4, 0.5) is 0 Å². The molecular formula is C16H28N4O. The number of nitrogens with zero attached hydrogens (tertiary/aromatic N) is 3. The van der Waals surface area contributed by atoms with Gasteiger partial charge in [0.15, 0.2) is 5.82 Å². The van der Waals surface area contributed by atoms with E-state index in [0.717, 1.165) is 31.5 Å². The summed E-state index contributed by atoms with van der Waals surface area (Å²) in [7, 11) is 1.87. The largest absolute Gasteiger partial charge is 0.356 e. The summed E-state index contributed by atoms with van der Waals surface area (Å²) in [4.78, 5) is 16.5. The minimum Gasteiger partial charge on any atom is -0.356 e. The maximum absolute atomic E-state index is 12.3. The summed E-state index contributed by atoms with van der Waals surface area (Å²) in [6.45, 7) is 7.52. The van der Waals surface area contributed by atoms with Crippen LogP contribution in [-0.2, 0) is 18.3 Å². The second kappa shape index (κ2) is 6.58. The van der Waals surface area contributed by atoms with Gasteiger partial charge in [-0.25, -0.2) is 4.98 Å². The third kappa shape index (κ3) is 4.83. The van der Waals surface area contributed by atoms with Crippen LogP contribution in [0.25, 0.3) is 0 Å². The first-order chi connectivity index (χ1) is 9.85. The highest BCUT2D eigenvalue weighted by atomic mass is 16.1. The second-order valence-corrected chi connectivity index (χ2v) is 7.34. The molecule has 21 heavy (non-hydrogen) atoms. The molecule has 0 radical (unpaired) electrons. The van der Waals surface area contributed by atoms with Gasteiger partial charge in [0.25, 0.3) is 0 Å². The molecule has 1 aromatic rings. The summed E-state index contributed by atoms with van der Waals surface area (Å²) >= 11 is 0. The average molecular weight is 292 g/mol. The molecular weight excluding hydrogens is 264 g/mol. The molecule has 2 unspecified atom stereocenters. The molecule has 0 aromatic carbocycles. The molecule has 1 aromatic heterocycles. The SMILES string of the molecule is CC1CC(C(=O)NCCCc2ncn(C)n2)CC(C)(C)C1. The molecule has 1 aliphatic carbocycles. The monoisotopic (exact) mass is 292 g/mol. The Balaban J connectivity index is 1.71. The van der Waals surface area contributed by atoms with Crippen molar-refractivity contribution in [3.63, 3.8) is 0 Å². The van der Waals surface area contributed by atoms with E-state index in [9.17, 15) is 4.79 Å². The third-order valence-electron chi connectivity index (χ3n) is 4.28. The van der Waals surface area contributed by atoms with Crippen molar-refractivity contribution in [2.75, 3.05) is 6.54 Å². The Morgan fingerprint density at radius 1 is 1.48 bits per heavy atom. The predicted octanol–water partition coefficient (Wildman–Crippen LogP) is 2.33. The van der Waals surface area contributed by atoms with Crippen molar-refractivity contribution in [3.8, 4) is 0 Å². The lowest BCUT2D eigenvalue weighted by Gasteiger charge is -2.38. The number of nitrogens with one attached hydrogen (secondary N) is 1. The standard InChI is InChI=1S/C16H28N4O/c1-12-8-13(10-16(2,3)9-12)15(21)17-7-5-6-14-18-11-20(4)19-14/h11-13H,5-10H2,1-4H3,(H,17,21). The van der Waals surface area contributed by atoms with E-state index in [1.807, 2.05) is 7.05 Å². The minimum absolute atomic E-state index is 0.178. The fraction of sp³-hybridized carbons (Fsp3) is 0.812. The number of amides is 1. The highest BCUT2D eigenvalue weighted by molar-refractivity contribution is 5.78. The van der Waals surface area contributed by atoms with Crippen molar-refractivity contribution in [3.05, 3.63) is 12.2 Å². The summed E-state index contributed by atoms with van der Waals surface area (Å²) < 4.78 is 1.71. The van der Waals surface area contributed by atoms with Crippen LogP contribution < -0.4 is 5.32 Å². The van der Waals surface area contributed by atoms with Crippen LogP contribution in [0.2, 0.25) is 0 Å². The lowest BCUT2D eigenvalue weighted by molar-refractivity contribution is -0.127. The van der Waals surface area contributed by atoms with E-state index in [1.54, 1.807) is 11.0 Å². The lowest BCUT2D eigenvalue weighted by atomic mass is 9.68. The van der Waals surface area contributed by atoms with Crippen LogP contribution in [0.1, 0.15) is 52.3 Å². The van der Waals surface area contributed by atoms with E-state index in [1.165, 1.54) is 6.42 Å². The molecule has 1 heterocycles. The highest BCUT2D eigenvalue weighted by Gasteiger charge is 2.35. The van der Waals surface area contributed by atoms with E-state index in [2.05, 4.69) is 36.2 Å². The van der Waals surface area contributed by atoms with Gasteiger partial charge in [0, 0.05) is 25.9 Å². The van der Waals surface area contributed by atoms with Gasteiger partial charge in [-0.3, -0.25) is 9.48 Å². The van der Waals surface area contributed by atoms with Crippen molar-refractivity contribution >= 4 is 5.91 Å². The number of aromatic nitrogens is 3. The van der Waals surface area contributed by atoms with Crippen LogP contribution in [0, 0.1) is 17.3 Å². The molecule has 2 atom stereocenters. The normalized spacial score (nSPS) is 24.8. The highest BCUT2D eigenvalue weighted by Crippen LogP contribution is 2.41. The number of hydrogen-bond acceptors (Lipinski definition) is 3. The Kier molecular flexibility index (Phi) is 5.01. The number of rotatable bonds is 5. The lowest BCUT2D eigenvalue weighted by Crippen LogP contribution is -2.38. The van der Waals surface area contributed by atoms with Gasteiger partial charge in [-0.15, -0.1) is 0 Å². The topological polar surface area (TPSA) is 59.8 Å². The van der Waals surface area contributed by atoms with Gasteiger partial charge >= 0.3 is 0 Å². The average Bonchev–Trinajstić information content (AvgIpc) is 2.78. The Labute approximate surface area is 127 Å².